The summed E-state index contributed by atoms with van der Waals surface area (Å²) in [5, 5.41) is 13.4. The second-order valence-corrected chi connectivity index (χ2v) is 7.62. The van der Waals surface area contributed by atoms with E-state index in [1.165, 1.54) is 5.56 Å². The average Bonchev–Trinajstić information content (AvgIpc) is 3.11. The van der Waals surface area contributed by atoms with Crippen molar-refractivity contribution in [3.05, 3.63) is 41.0 Å². The first-order valence-corrected chi connectivity index (χ1v) is 9.79. The van der Waals surface area contributed by atoms with Crippen molar-refractivity contribution in [2.75, 3.05) is 24.5 Å². The molecule has 0 atom stereocenters. The highest BCUT2D eigenvalue weighted by molar-refractivity contribution is 5.86. The molecule has 0 unspecified atom stereocenters. The molecule has 1 aromatic carbocycles. The first kappa shape index (κ1) is 17.0. The zero-order valence-electron chi connectivity index (χ0n) is 15.6. The normalized spacial score (nSPS) is 17.6. The molecular weight excluding hydrogens is 352 g/mol. The number of hydrogen-bond donors (Lipinski definition) is 2. The molecule has 2 aliphatic rings. The molecule has 7 nitrogen and oxygen atoms in total. The predicted molar refractivity (Wildman–Crippen MR) is 107 cm³/mol. The van der Waals surface area contributed by atoms with Gasteiger partial charge in [0.1, 0.15) is 11.9 Å². The van der Waals surface area contributed by atoms with Gasteiger partial charge in [-0.25, -0.2) is 4.98 Å². The van der Waals surface area contributed by atoms with Crippen LogP contribution in [0.3, 0.4) is 0 Å². The molecule has 4 heterocycles. The highest BCUT2D eigenvalue weighted by Crippen LogP contribution is 2.36. The van der Waals surface area contributed by atoms with Crippen LogP contribution in [0, 0.1) is 17.2 Å². The summed E-state index contributed by atoms with van der Waals surface area (Å²) in [7, 11) is 0. The lowest BCUT2D eigenvalue weighted by molar-refractivity contribution is -0.122. The molecule has 142 valence electrons. The fraction of sp³-hybridized carbons (Fsp3) is 0.381. The summed E-state index contributed by atoms with van der Waals surface area (Å²) in [5.41, 5.74) is 11.1. The maximum Gasteiger partial charge on any atom is 0.220 e. The standard InChI is InChI=1S/C21H22N6O/c22-11-15-14-5-8-24-12-16(14)21(26-9-6-13(7-10-26)19(23)28)27-18-4-2-1-3-17(18)25-20(15)27/h1-4,13,24H,5-10,12H2,(H2,23,28). The number of anilines is 1. The van der Waals surface area contributed by atoms with Crippen LogP contribution >= 0.6 is 0 Å². The summed E-state index contributed by atoms with van der Waals surface area (Å²) >= 11 is 0. The van der Waals surface area contributed by atoms with E-state index < -0.39 is 0 Å². The van der Waals surface area contributed by atoms with E-state index in [4.69, 9.17) is 10.7 Å². The van der Waals surface area contributed by atoms with Gasteiger partial charge >= 0.3 is 0 Å². The van der Waals surface area contributed by atoms with Crippen molar-refractivity contribution in [3.63, 3.8) is 0 Å². The molecule has 2 aliphatic heterocycles. The van der Waals surface area contributed by atoms with Gasteiger partial charge < -0.3 is 16.0 Å². The topological polar surface area (TPSA) is 99.5 Å². The largest absolute Gasteiger partial charge is 0.369 e. The molecule has 1 amide bonds. The highest BCUT2D eigenvalue weighted by Gasteiger charge is 2.30. The maximum absolute atomic E-state index is 11.6. The predicted octanol–water partition coefficient (Wildman–Crippen LogP) is 1.71. The number of nitrogens with zero attached hydrogens (tertiary/aromatic N) is 4. The quantitative estimate of drug-likeness (QED) is 0.711. The molecule has 0 spiro atoms. The molecule has 1 saturated heterocycles. The zero-order chi connectivity index (χ0) is 19.3. The molecule has 7 heteroatoms. The van der Waals surface area contributed by atoms with Crippen LogP contribution in [0.2, 0.25) is 0 Å². The fourth-order valence-corrected chi connectivity index (χ4v) is 4.68. The van der Waals surface area contributed by atoms with Crippen molar-refractivity contribution in [1.29, 1.82) is 5.26 Å². The van der Waals surface area contributed by atoms with E-state index in [0.29, 0.717) is 5.56 Å². The molecule has 5 rings (SSSR count). The molecule has 0 aliphatic carbocycles. The van der Waals surface area contributed by atoms with Gasteiger partial charge in [0.15, 0.2) is 5.65 Å². The van der Waals surface area contributed by atoms with Gasteiger partial charge in [0.2, 0.25) is 5.91 Å². The second-order valence-electron chi connectivity index (χ2n) is 7.62. The Morgan fingerprint density at radius 1 is 1.25 bits per heavy atom. The number of nitriles is 1. The van der Waals surface area contributed by atoms with Crippen molar-refractivity contribution in [2.45, 2.75) is 25.8 Å². The lowest BCUT2D eigenvalue weighted by Gasteiger charge is -2.36. The number of aromatic nitrogens is 2. The van der Waals surface area contributed by atoms with E-state index in [-0.39, 0.29) is 11.8 Å². The van der Waals surface area contributed by atoms with Crippen LogP contribution in [0.4, 0.5) is 5.82 Å². The Balaban J connectivity index is 1.78. The Hall–Kier alpha value is -3.11. The molecular formula is C21H22N6O. The van der Waals surface area contributed by atoms with Crippen LogP contribution in [-0.4, -0.2) is 34.9 Å². The van der Waals surface area contributed by atoms with Crippen LogP contribution in [0.15, 0.2) is 24.3 Å². The molecule has 28 heavy (non-hydrogen) atoms. The Morgan fingerprint density at radius 2 is 2.04 bits per heavy atom. The van der Waals surface area contributed by atoms with E-state index in [2.05, 4.69) is 26.8 Å². The van der Waals surface area contributed by atoms with Crippen LogP contribution in [-0.2, 0) is 17.8 Å². The molecule has 0 radical (unpaired) electrons. The third-order valence-electron chi connectivity index (χ3n) is 6.09. The smallest absolute Gasteiger partial charge is 0.220 e. The first-order chi connectivity index (χ1) is 13.7. The van der Waals surface area contributed by atoms with Crippen molar-refractivity contribution in [2.24, 2.45) is 11.7 Å². The minimum Gasteiger partial charge on any atom is -0.369 e. The summed E-state index contributed by atoms with van der Waals surface area (Å²) in [6.07, 6.45) is 2.33. The first-order valence-electron chi connectivity index (χ1n) is 9.79. The average molecular weight is 374 g/mol. The molecule has 3 aromatic rings. The number of fused-ring (bicyclic) bond motifs is 4. The van der Waals surface area contributed by atoms with Gasteiger partial charge in [0, 0.05) is 31.1 Å². The highest BCUT2D eigenvalue weighted by atomic mass is 16.1. The summed E-state index contributed by atoms with van der Waals surface area (Å²) in [4.78, 5) is 18.8. The van der Waals surface area contributed by atoms with Gasteiger partial charge in [0.05, 0.1) is 16.6 Å². The van der Waals surface area contributed by atoms with Gasteiger partial charge in [-0.15, -0.1) is 0 Å². The van der Waals surface area contributed by atoms with E-state index in [9.17, 15) is 10.1 Å². The Morgan fingerprint density at radius 3 is 2.79 bits per heavy atom. The minimum absolute atomic E-state index is 0.0568. The van der Waals surface area contributed by atoms with Gasteiger partial charge in [-0.2, -0.15) is 5.26 Å². The Labute approximate surface area is 162 Å². The molecule has 1 fully saturated rings. The number of nitrogens with two attached hydrogens (primary N) is 1. The number of hydrogen-bond acceptors (Lipinski definition) is 5. The molecule has 0 bridgehead atoms. The van der Waals surface area contributed by atoms with Crippen molar-refractivity contribution in [1.82, 2.24) is 14.7 Å². The zero-order valence-corrected chi connectivity index (χ0v) is 15.6. The number of imidazole rings is 1. The lowest BCUT2D eigenvalue weighted by atomic mass is 9.93. The number of pyridine rings is 1. The van der Waals surface area contributed by atoms with Crippen molar-refractivity contribution in [3.8, 4) is 6.07 Å². The molecule has 3 N–H and O–H groups in total. The van der Waals surface area contributed by atoms with E-state index >= 15 is 0 Å². The van der Waals surface area contributed by atoms with Crippen LogP contribution < -0.4 is 16.0 Å². The number of para-hydroxylation sites is 2. The number of carbonyl (C=O) groups is 1. The Bertz CT molecular complexity index is 1130. The Kier molecular flexibility index (Phi) is 3.95. The third kappa shape index (κ3) is 2.45. The number of carbonyl (C=O) groups excluding carboxylic acids is 1. The van der Waals surface area contributed by atoms with Crippen LogP contribution in [0.1, 0.15) is 29.5 Å². The van der Waals surface area contributed by atoms with Crippen LogP contribution in [0.5, 0.6) is 0 Å². The van der Waals surface area contributed by atoms with Crippen molar-refractivity contribution < 1.29 is 4.79 Å². The SMILES string of the molecule is N#Cc1c2c(c(N3CCC(C(N)=O)CC3)n3c1nc1ccccc13)CNCC2. The monoisotopic (exact) mass is 374 g/mol. The van der Waals surface area contributed by atoms with Gasteiger partial charge in [0.25, 0.3) is 0 Å². The summed E-state index contributed by atoms with van der Waals surface area (Å²) in [5.74, 6) is 0.841. The summed E-state index contributed by atoms with van der Waals surface area (Å²) < 4.78 is 2.14. The third-order valence-corrected chi connectivity index (χ3v) is 6.09. The molecule has 2 aromatic heterocycles. The van der Waals surface area contributed by atoms with E-state index in [0.717, 1.165) is 73.5 Å². The number of piperidine rings is 1. The van der Waals surface area contributed by atoms with Gasteiger partial charge in [-0.05, 0) is 43.5 Å². The minimum atomic E-state index is -0.207. The maximum atomic E-state index is 11.6. The lowest BCUT2D eigenvalue weighted by Crippen LogP contribution is -2.40. The van der Waals surface area contributed by atoms with Crippen LogP contribution in [0.25, 0.3) is 16.7 Å². The van der Waals surface area contributed by atoms with Gasteiger partial charge in [-0.3, -0.25) is 9.20 Å². The summed E-state index contributed by atoms with van der Waals surface area (Å²) in [6, 6.07) is 10.4. The summed E-state index contributed by atoms with van der Waals surface area (Å²) in [6.45, 7) is 3.14. The molecule has 0 saturated carbocycles. The number of nitrogens with one attached hydrogen (secondary N) is 1. The number of amides is 1. The number of rotatable bonds is 2. The second kappa shape index (κ2) is 6.50. The van der Waals surface area contributed by atoms with Gasteiger partial charge in [-0.1, -0.05) is 12.1 Å². The van der Waals surface area contributed by atoms with E-state index in [1.54, 1.807) is 0 Å². The fourth-order valence-electron chi connectivity index (χ4n) is 4.68. The number of benzene rings is 1. The van der Waals surface area contributed by atoms with E-state index in [1.807, 2.05) is 18.2 Å². The van der Waals surface area contributed by atoms with Crippen molar-refractivity contribution >= 4 is 28.4 Å². The number of primary amides is 1.